The third-order valence-electron chi connectivity index (χ3n) is 1.42. The average molecular weight is 227 g/mol. The van der Waals surface area contributed by atoms with Crippen LogP contribution in [0, 0.1) is 13.0 Å². The SMILES string of the molecule is [B]C1CC[C-](CC)O1.[CH2-]C.[Y]. The molecule has 0 bridgehead atoms. The van der Waals surface area contributed by atoms with Crippen LogP contribution < -0.4 is 0 Å². The Hall–Kier alpha value is 1.13. The van der Waals surface area contributed by atoms with E-state index in [1.54, 1.807) is 6.92 Å². The maximum atomic E-state index is 5.46. The van der Waals surface area contributed by atoms with Crippen molar-refractivity contribution < 1.29 is 37.4 Å². The van der Waals surface area contributed by atoms with Gasteiger partial charge in [-0.3, -0.25) is 0 Å². The molecule has 3 heteroatoms. The maximum Gasteiger partial charge on any atom is 0.104 e. The standard InChI is InChI=1S/C6H10BO.C2H5.Y/c1-2-5-3-4-6(7)8-5;1-2;/h6H,2-4H2,1H3;1H2,2H3;/q2*-1;. The Kier molecular flexibility index (Phi) is 12.3. The molecule has 0 spiro atoms. The zero-order valence-electron chi connectivity index (χ0n) is 7.47. The van der Waals surface area contributed by atoms with Gasteiger partial charge in [0.1, 0.15) is 7.85 Å². The summed E-state index contributed by atoms with van der Waals surface area (Å²) in [6.45, 7) is 7.09. The Morgan fingerprint density at radius 3 is 2.36 bits per heavy atom. The van der Waals surface area contributed by atoms with Gasteiger partial charge < -0.3 is 11.7 Å². The molecule has 0 amide bonds. The van der Waals surface area contributed by atoms with E-state index in [-0.39, 0.29) is 38.7 Å². The van der Waals surface area contributed by atoms with Crippen molar-refractivity contribution in [3.63, 3.8) is 0 Å². The molecule has 0 saturated carbocycles. The van der Waals surface area contributed by atoms with E-state index in [2.05, 4.69) is 13.8 Å². The first kappa shape index (κ1) is 14.6. The number of hydrogen-bond acceptors (Lipinski definition) is 1. The Labute approximate surface area is 96.9 Å². The van der Waals surface area contributed by atoms with E-state index in [9.17, 15) is 0 Å². The molecule has 0 aromatic rings. The molecule has 1 rings (SSSR count). The van der Waals surface area contributed by atoms with Gasteiger partial charge >= 0.3 is 0 Å². The van der Waals surface area contributed by atoms with Gasteiger partial charge in [-0.2, -0.15) is 25.9 Å². The van der Waals surface area contributed by atoms with E-state index < -0.39 is 0 Å². The normalized spacial score (nSPS) is 23.4. The predicted octanol–water partition coefficient (Wildman–Crippen LogP) is 2.07. The molecule has 1 atom stereocenters. The molecule has 3 radical (unpaired) electrons. The van der Waals surface area contributed by atoms with Crippen molar-refractivity contribution in [3.05, 3.63) is 13.0 Å². The van der Waals surface area contributed by atoms with Crippen LogP contribution in [0.5, 0.6) is 0 Å². The first-order chi connectivity index (χ1) is 4.83. The predicted molar refractivity (Wildman–Crippen MR) is 44.4 cm³/mol. The van der Waals surface area contributed by atoms with Crippen LogP contribution in [0.1, 0.15) is 33.1 Å². The third kappa shape index (κ3) is 6.30. The van der Waals surface area contributed by atoms with Crippen molar-refractivity contribution in [1.82, 2.24) is 0 Å². The van der Waals surface area contributed by atoms with E-state index >= 15 is 0 Å². The second kappa shape index (κ2) is 9.22. The van der Waals surface area contributed by atoms with Crippen LogP contribution in [0.25, 0.3) is 0 Å². The molecule has 1 fully saturated rings. The van der Waals surface area contributed by atoms with E-state index in [1.165, 1.54) is 0 Å². The summed E-state index contributed by atoms with van der Waals surface area (Å²) < 4.78 is 5.20. The van der Waals surface area contributed by atoms with Crippen LogP contribution >= 0.6 is 0 Å². The molecule has 0 aromatic carbocycles. The maximum absolute atomic E-state index is 5.46. The quantitative estimate of drug-likeness (QED) is 0.492. The summed E-state index contributed by atoms with van der Waals surface area (Å²) >= 11 is 0. The monoisotopic (exact) mass is 227 g/mol. The van der Waals surface area contributed by atoms with Crippen molar-refractivity contribution in [3.8, 4) is 0 Å². The largest absolute Gasteiger partial charge is 0.554 e. The summed E-state index contributed by atoms with van der Waals surface area (Å²) in [5, 5.41) is 0. The summed E-state index contributed by atoms with van der Waals surface area (Å²) in [7, 11) is 5.46. The zero-order valence-corrected chi connectivity index (χ0v) is 10.3. The summed E-state index contributed by atoms with van der Waals surface area (Å²) in [5.74, 6) is 0. The van der Waals surface area contributed by atoms with Gasteiger partial charge in [0.15, 0.2) is 0 Å². The number of ether oxygens (including phenoxy) is 1. The fraction of sp³-hybridized carbons (Fsp3) is 0.750. The Morgan fingerprint density at radius 2 is 2.18 bits per heavy atom. The van der Waals surface area contributed by atoms with Gasteiger partial charge in [-0.25, -0.2) is 0 Å². The van der Waals surface area contributed by atoms with Crippen LogP contribution in [0.3, 0.4) is 0 Å². The minimum absolute atomic E-state index is 0. The fourth-order valence-electron chi connectivity index (χ4n) is 0.895. The van der Waals surface area contributed by atoms with Gasteiger partial charge in [0.05, 0.1) is 0 Å². The molecule has 1 aliphatic heterocycles. The van der Waals surface area contributed by atoms with Gasteiger partial charge in [-0.05, 0) is 6.00 Å². The van der Waals surface area contributed by atoms with Gasteiger partial charge in [0.25, 0.3) is 0 Å². The second-order valence-electron chi connectivity index (χ2n) is 2.09. The molecule has 0 N–H and O–H groups in total. The fourth-order valence-corrected chi connectivity index (χ4v) is 0.895. The topological polar surface area (TPSA) is 9.23 Å². The van der Waals surface area contributed by atoms with Gasteiger partial charge in [0, 0.05) is 32.7 Å². The second-order valence-corrected chi connectivity index (χ2v) is 2.09. The first-order valence-corrected chi connectivity index (χ1v) is 3.80. The van der Waals surface area contributed by atoms with Crippen molar-refractivity contribution in [2.24, 2.45) is 0 Å². The van der Waals surface area contributed by atoms with Crippen LogP contribution in [0.15, 0.2) is 0 Å². The molecular formula is C8H15BOY-2. The van der Waals surface area contributed by atoms with Gasteiger partial charge in [0.2, 0.25) is 0 Å². The Morgan fingerprint density at radius 1 is 1.64 bits per heavy atom. The third-order valence-corrected chi connectivity index (χ3v) is 1.42. The average Bonchev–Trinajstić information content (AvgIpc) is 2.40. The van der Waals surface area contributed by atoms with E-state index in [0.29, 0.717) is 0 Å². The van der Waals surface area contributed by atoms with E-state index in [1.807, 2.05) is 0 Å². The molecule has 0 aliphatic carbocycles. The summed E-state index contributed by atoms with van der Waals surface area (Å²) in [6, 6.07) is -0.00931. The Bertz CT molecular complexity index is 80.5. The van der Waals surface area contributed by atoms with Crippen molar-refractivity contribution in [2.75, 3.05) is 0 Å². The molecule has 61 valence electrons. The van der Waals surface area contributed by atoms with E-state index in [0.717, 1.165) is 25.4 Å². The molecule has 1 aliphatic rings. The molecule has 1 nitrogen and oxygen atoms in total. The smallest absolute Gasteiger partial charge is 0.104 e. The molecule has 11 heavy (non-hydrogen) atoms. The Balaban J connectivity index is 0. The minimum atomic E-state index is -0.00931. The van der Waals surface area contributed by atoms with Crippen molar-refractivity contribution in [1.29, 1.82) is 0 Å². The molecule has 1 heterocycles. The van der Waals surface area contributed by atoms with Crippen LogP contribution in [-0.4, -0.2) is 13.8 Å². The first-order valence-electron chi connectivity index (χ1n) is 3.80. The molecule has 0 aromatic heterocycles. The summed E-state index contributed by atoms with van der Waals surface area (Å²) in [6.07, 6.45) is 4.26. The summed E-state index contributed by atoms with van der Waals surface area (Å²) in [5.41, 5.74) is 0. The van der Waals surface area contributed by atoms with Gasteiger partial charge in [-0.1, -0.05) is 13.3 Å². The molecular weight excluding hydrogens is 212 g/mol. The number of rotatable bonds is 1. The van der Waals surface area contributed by atoms with Crippen molar-refractivity contribution >= 4 is 7.85 Å². The van der Waals surface area contributed by atoms with Gasteiger partial charge in [-0.15, -0.1) is 0 Å². The van der Waals surface area contributed by atoms with Crippen LogP contribution in [0.2, 0.25) is 0 Å². The molecule has 1 unspecified atom stereocenters. The minimum Gasteiger partial charge on any atom is -0.554 e. The van der Waals surface area contributed by atoms with Crippen LogP contribution in [0.4, 0.5) is 0 Å². The van der Waals surface area contributed by atoms with Crippen LogP contribution in [-0.2, 0) is 37.4 Å². The molecule has 1 saturated heterocycles. The van der Waals surface area contributed by atoms with E-state index in [4.69, 9.17) is 12.6 Å². The zero-order chi connectivity index (χ0) is 7.98. The number of hydrogen-bond donors (Lipinski definition) is 0. The summed E-state index contributed by atoms with van der Waals surface area (Å²) in [4.78, 5) is 0. The van der Waals surface area contributed by atoms with Crippen molar-refractivity contribution in [2.45, 2.75) is 39.1 Å².